The van der Waals surface area contributed by atoms with Gasteiger partial charge in [-0.2, -0.15) is 0 Å². The third-order valence-electron chi connectivity index (χ3n) is 3.96. The van der Waals surface area contributed by atoms with E-state index in [1.807, 2.05) is 12.1 Å². The summed E-state index contributed by atoms with van der Waals surface area (Å²) in [5.74, 6) is 0.275. The van der Waals surface area contributed by atoms with Crippen molar-refractivity contribution in [3.8, 4) is 11.4 Å². The molecular formula is C16H15F2N5. The number of nitrogens with zero attached hydrogens (tertiary/aromatic N) is 3. The van der Waals surface area contributed by atoms with Crippen molar-refractivity contribution in [1.82, 2.24) is 19.7 Å². The largest absolute Gasteiger partial charge is 0.363 e. The van der Waals surface area contributed by atoms with Crippen LogP contribution in [0, 0.1) is 5.82 Å². The normalized spacial score (nSPS) is 21.0. The summed E-state index contributed by atoms with van der Waals surface area (Å²) in [6.07, 6.45) is 2.34. The summed E-state index contributed by atoms with van der Waals surface area (Å²) in [6.45, 7) is 0.929. The number of fused-ring (bicyclic) bond motifs is 1. The molecule has 4 heterocycles. The number of aromatic nitrogens is 3. The van der Waals surface area contributed by atoms with E-state index in [9.17, 15) is 8.78 Å². The number of halogens is 2. The van der Waals surface area contributed by atoms with Crippen molar-refractivity contribution in [2.24, 2.45) is 0 Å². The predicted octanol–water partition coefficient (Wildman–Crippen LogP) is 2.26. The fourth-order valence-electron chi connectivity index (χ4n) is 2.78. The van der Waals surface area contributed by atoms with Gasteiger partial charge in [-0.25, -0.2) is 18.7 Å². The van der Waals surface area contributed by atoms with Crippen molar-refractivity contribution >= 4 is 11.5 Å². The molecule has 2 atom stereocenters. The van der Waals surface area contributed by atoms with Crippen LogP contribution in [0.5, 0.6) is 0 Å². The number of nitrogens with one attached hydrogen (secondary N) is 2. The Bertz CT molecular complexity index is 847. The zero-order chi connectivity index (χ0) is 15.8. The highest BCUT2D eigenvalue weighted by Gasteiger charge is 2.26. The zero-order valence-corrected chi connectivity index (χ0v) is 12.2. The van der Waals surface area contributed by atoms with Gasteiger partial charge in [0.2, 0.25) is 0 Å². The number of alkyl halides is 1. The van der Waals surface area contributed by atoms with E-state index < -0.39 is 6.17 Å². The van der Waals surface area contributed by atoms with Crippen LogP contribution in [0.2, 0.25) is 0 Å². The van der Waals surface area contributed by atoms with Crippen LogP contribution in [0.1, 0.15) is 0 Å². The van der Waals surface area contributed by atoms with Gasteiger partial charge in [-0.05, 0) is 18.2 Å². The number of hydrogen-bond donors (Lipinski definition) is 2. The smallest absolute Gasteiger partial charge is 0.140 e. The Balaban J connectivity index is 1.67. The number of rotatable bonds is 3. The molecule has 0 amide bonds. The zero-order valence-electron chi connectivity index (χ0n) is 12.2. The lowest BCUT2D eigenvalue weighted by Gasteiger charge is -2.15. The van der Waals surface area contributed by atoms with Crippen LogP contribution in [-0.4, -0.2) is 39.7 Å². The lowest BCUT2D eigenvalue weighted by atomic mass is 10.2. The summed E-state index contributed by atoms with van der Waals surface area (Å²) in [5.41, 5.74) is 1.96. The van der Waals surface area contributed by atoms with Crippen molar-refractivity contribution in [2.45, 2.75) is 12.2 Å². The Labute approximate surface area is 131 Å². The summed E-state index contributed by atoms with van der Waals surface area (Å²) in [6, 6.07) is 7.95. The van der Waals surface area contributed by atoms with E-state index in [1.54, 1.807) is 22.9 Å². The molecule has 23 heavy (non-hydrogen) atoms. The second kappa shape index (κ2) is 5.58. The number of pyridine rings is 2. The molecular weight excluding hydrogens is 300 g/mol. The summed E-state index contributed by atoms with van der Waals surface area (Å²) in [7, 11) is 0. The van der Waals surface area contributed by atoms with E-state index in [4.69, 9.17) is 0 Å². The monoisotopic (exact) mass is 315 g/mol. The summed E-state index contributed by atoms with van der Waals surface area (Å²) in [4.78, 5) is 8.72. The van der Waals surface area contributed by atoms with Crippen molar-refractivity contribution in [1.29, 1.82) is 0 Å². The molecule has 0 aliphatic carbocycles. The van der Waals surface area contributed by atoms with Gasteiger partial charge in [0, 0.05) is 25.4 Å². The van der Waals surface area contributed by atoms with E-state index in [2.05, 4.69) is 20.6 Å². The minimum atomic E-state index is -0.931. The van der Waals surface area contributed by atoms with Gasteiger partial charge >= 0.3 is 0 Å². The number of anilines is 1. The van der Waals surface area contributed by atoms with Gasteiger partial charge in [0.05, 0.1) is 23.6 Å². The maximum Gasteiger partial charge on any atom is 0.140 e. The van der Waals surface area contributed by atoms with Crippen molar-refractivity contribution in [3.05, 3.63) is 48.5 Å². The Kier molecular flexibility index (Phi) is 3.42. The van der Waals surface area contributed by atoms with Gasteiger partial charge in [0.25, 0.3) is 0 Å². The molecule has 1 aliphatic heterocycles. The third kappa shape index (κ3) is 2.63. The molecule has 1 saturated heterocycles. The van der Waals surface area contributed by atoms with Gasteiger partial charge in [0.1, 0.15) is 23.5 Å². The van der Waals surface area contributed by atoms with Gasteiger partial charge in [-0.15, -0.1) is 0 Å². The van der Waals surface area contributed by atoms with Crippen molar-refractivity contribution in [2.75, 3.05) is 18.4 Å². The van der Waals surface area contributed by atoms with Crippen LogP contribution >= 0.6 is 0 Å². The molecule has 0 spiro atoms. The standard InChI is InChI=1S/C16H15F2N5/c17-10-4-5-23-14(9-20-16(23)6-10)12-2-1-3-15(21-12)22-13-8-19-7-11(13)18/h1-6,9,11,13,19H,7-8H2,(H,21,22)/t11?,13-/m0/s1. The number of hydrogen-bond acceptors (Lipinski definition) is 4. The fourth-order valence-corrected chi connectivity index (χ4v) is 2.78. The van der Waals surface area contributed by atoms with Gasteiger partial charge in [0.15, 0.2) is 0 Å². The Hall–Kier alpha value is -2.54. The van der Waals surface area contributed by atoms with Crippen LogP contribution in [-0.2, 0) is 0 Å². The number of imidazole rings is 1. The van der Waals surface area contributed by atoms with Crippen molar-refractivity contribution < 1.29 is 8.78 Å². The molecule has 1 fully saturated rings. The highest BCUT2D eigenvalue weighted by molar-refractivity contribution is 5.62. The summed E-state index contributed by atoms with van der Waals surface area (Å²) >= 11 is 0. The average Bonchev–Trinajstić information content (AvgIpc) is 3.14. The summed E-state index contributed by atoms with van der Waals surface area (Å²) < 4.78 is 28.7. The maximum atomic E-state index is 13.7. The second-order valence-corrected chi connectivity index (χ2v) is 5.55. The molecule has 5 nitrogen and oxygen atoms in total. The fraction of sp³-hybridized carbons (Fsp3) is 0.250. The molecule has 2 N–H and O–H groups in total. The molecule has 0 radical (unpaired) electrons. The topological polar surface area (TPSA) is 54.2 Å². The Morgan fingerprint density at radius 3 is 3.00 bits per heavy atom. The van der Waals surface area contributed by atoms with Gasteiger partial charge in [-0.3, -0.25) is 4.40 Å². The Morgan fingerprint density at radius 1 is 1.26 bits per heavy atom. The van der Waals surface area contributed by atoms with Gasteiger partial charge in [-0.1, -0.05) is 6.07 Å². The molecule has 1 aliphatic rings. The first-order valence-corrected chi connectivity index (χ1v) is 7.42. The molecule has 0 aromatic carbocycles. The minimum Gasteiger partial charge on any atom is -0.363 e. The highest BCUT2D eigenvalue weighted by Crippen LogP contribution is 2.21. The van der Waals surface area contributed by atoms with Gasteiger partial charge < -0.3 is 10.6 Å². The van der Waals surface area contributed by atoms with Crippen molar-refractivity contribution in [3.63, 3.8) is 0 Å². The molecule has 1 unspecified atom stereocenters. The van der Waals surface area contributed by atoms with Crippen LogP contribution in [0.25, 0.3) is 17.0 Å². The summed E-state index contributed by atoms with van der Waals surface area (Å²) in [5, 5.41) is 6.11. The average molecular weight is 315 g/mol. The Morgan fingerprint density at radius 2 is 2.17 bits per heavy atom. The van der Waals surface area contributed by atoms with E-state index in [-0.39, 0.29) is 11.9 Å². The van der Waals surface area contributed by atoms with E-state index in [0.717, 1.165) is 5.69 Å². The quantitative estimate of drug-likeness (QED) is 0.778. The van der Waals surface area contributed by atoms with E-state index in [0.29, 0.717) is 30.2 Å². The molecule has 118 valence electrons. The van der Waals surface area contributed by atoms with Crippen LogP contribution in [0.4, 0.5) is 14.6 Å². The van der Waals surface area contributed by atoms with Crippen LogP contribution in [0.3, 0.4) is 0 Å². The first-order valence-electron chi connectivity index (χ1n) is 7.42. The van der Waals surface area contributed by atoms with Crippen LogP contribution in [0.15, 0.2) is 42.7 Å². The SMILES string of the molecule is Fc1ccn2c(-c3cccc(N[C@H]4CNCC4F)n3)cnc2c1. The first-order chi connectivity index (χ1) is 11.2. The third-order valence-corrected chi connectivity index (χ3v) is 3.96. The molecule has 3 aromatic heterocycles. The molecule has 7 heteroatoms. The molecule has 0 bridgehead atoms. The minimum absolute atomic E-state index is 0.283. The molecule has 0 saturated carbocycles. The molecule has 4 rings (SSSR count). The van der Waals surface area contributed by atoms with E-state index in [1.165, 1.54) is 12.1 Å². The second-order valence-electron chi connectivity index (χ2n) is 5.55. The first kappa shape index (κ1) is 14.1. The highest BCUT2D eigenvalue weighted by atomic mass is 19.1. The lowest BCUT2D eigenvalue weighted by molar-refractivity contribution is 0.342. The molecule has 3 aromatic rings. The van der Waals surface area contributed by atoms with E-state index >= 15 is 0 Å². The van der Waals surface area contributed by atoms with Crippen LogP contribution < -0.4 is 10.6 Å². The predicted molar refractivity (Wildman–Crippen MR) is 83.6 cm³/mol. The lowest BCUT2D eigenvalue weighted by Crippen LogP contribution is -2.29. The maximum absolute atomic E-state index is 13.7.